The maximum Gasteiger partial charge on any atom is 0.416 e. The molecule has 10 heteroatoms. The van der Waals surface area contributed by atoms with E-state index >= 15 is 0 Å². The minimum absolute atomic E-state index is 0.0270. The van der Waals surface area contributed by atoms with Crippen LogP contribution in [0.1, 0.15) is 30.4 Å². The average molecular weight is 510 g/mol. The van der Waals surface area contributed by atoms with Crippen LogP contribution in [0.4, 0.5) is 23.2 Å². The topological polar surface area (TPSA) is 69.0 Å². The Morgan fingerprint density at radius 1 is 1.03 bits per heavy atom. The summed E-state index contributed by atoms with van der Waals surface area (Å²) in [6, 6.07) is 17.2. The lowest BCUT2D eigenvalue weighted by atomic mass is 9.85. The SMILES string of the molecule is O=C(Nc1ccc(-n2nc(OCc3ccc(F)cc3)nc2-c2cccc(C(F)(F)F)c2)cc1)C1CCC1. The van der Waals surface area contributed by atoms with Gasteiger partial charge in [0.05, 0.1) is 11.3 Å². The Morgan fingerprint density at radius 2 is 1.76 bits per heavy atom. The molecule has 0 saturated heterocycles. The summed E-state index contributed by atoms with van der Waals surface area (Å²) >= 11 is 0. The molecule has 37 heavy (non-hydrogen) atoms. The third-order valence-corrected chi connectivity index (χ3v) is 6.17. The standard InChI is InChI=1S/C27H22F4N4O2/c28-21-9-7-17(8-10-21)16-37-26-33-24(19-5-2-6-20(15-19)27(29,30)31)35(34-26)23-13-11-22(12-14-23)32-25(36)18-3-1-4-18/h2,5-15,18H,1,3-4,16H2,(H,32,36). The van der Waals surface area contributed by atoms with Gasteiger partial charge in [-0.15, -0.1) is 5.10 Å². The Kier molecular flexibility index (Phi) is 6.64. The summed E-state index contributed by atoms with van der Waals surface area (Å²) in [4.78, 5) is 16.6. The minimum atomic E-state index is -4.52. The molecule has 1 N–H and O–H groups in total. The molecule has 0 bridgehead atoms. The minimum Gasteiger partial charge on any atom is -0.457 e. The van der Waals surface area contributed by atoms with Gasteiger partial charge in [0, 0.05) is 17.2 Å². The molecule has 1 aromatic heterocycles. The van der Waals surface area contributed by atoms with Crippen LogP contribution in [0.5, 0.6) is 6.01 Å². The molecule has 5 rings (SSSR count). The Labute approximate surface area is 209 Å². The molecule has 0 aliphatic heterocycles. The predicted octanol–water partition coefficient (Wildman–Crippen LogP) is 6.41. The summed E-state index contributed by atoms with van der Waals surface area (Å²) in [5.74, 6) is -0.235. The normalized spacial score (nSPS) is 13.7. The molecular weight excluding hydrogens is 488 g/mol. The maximum atomic E-state index is 13.4. The van der Waals surface area contributed by atoms with Crippen LogP contribution in [0.15, 0.2) is 72.8 Å². The lowest BCUT2D eigenvalue weighted by molar-refractivity contribution is -0.137. The fourth-order valence-corrected chi connectivity index (χ4v) is 3.89. The van der Waals surface area contributed by atoms with Gasteiger partial charge in [0.1, 0.15) is 12.4 Å². The van der Waals surface area contributed by atoms with Crippen LogP contribution in [-0.2, 0) is 17.6 Å². The molecule has 6 nitrogen and oxygen atoms in total. The van der Waals surface area contributed by atoms with Gasteiger partial charge in [0.25, 0.3) is 0 Å². The van der Waals surface area contributed by atoms with Crippen molar-refractivity contribution in [3.05, 3.63) is 89.7 Å². The molecule has 3 aromatic carbocycles. The second kappa shape index (κ2) is 10.0. The highest BCUT2D eigenvalue weighted by Crippen LogP contribution is 2.33. The first kappa shape index (κ1) is 24.5. The van der Waals surface area contributed by atoms with E-state index in [1.807, 2.05) is 0 Å². The molecule has 4 aromatic rings. The molecule has 1 fully saturated rings. The smallest absolute Gasteiger partial charge is 0.416 e. The van der Waals surface area contributed by atoms with Crippen LogP contribution in [0.2, 0.25) is 0 Å². The van der Waals surface area contributed by atoms with Crippen molar-refractivity contribution < 1.29 is 27.1 Å². The lowest BCUT2D eigenvalue weighted by Gasteiger charge is -2.24. The van der Waals surface area contributed by atoms with Crippen LogP contribution in [0.25, 0.3) is 17.1 Å². The highest BCUT2D eigenvalue weighted by atomic mass is 19.4. The van der Waals surface area contributed by atoms with E-state index < -0.39 is 11.7 Å². The monoisotopic (exact) mass is 510 g/mol. The first-order valence-electron chi connectivity index (χ1n) is 11.7. The zero-order valence-corrected chi connectivity index (χ0v) is 19.5. The van der Waals surface area contributed by atoms with Crippen molar-refractivity contribution in [3.8, 4) is 23.1 Å². The summed E-state index contributed by atoms with van der Waals surface area (Å²) < 4.78 is 60.3. The van der Waals surface area contributed by atoms with Crippen molar-refractivity contribution in [3.63, 3.8) is 0 Å². The van der Waals surface area contributed by atoms with Gasteiger partial charge in [-0.25, -0.2) is 9.07 Å². The molecule has 1 aliphatic rings. The number of aromatic nitrogens is 3. The summed E-state index contributed by atoms with van der Waals surface area (Å²) in [6.45, 7) is 0.0401. The van der Waals surface area contributed by atoms with Crippen LogP contribution < -0.4 is 10.1 Å². The Morgan fingerprint density at radius 3 is 2.41 bits per heavy atom. The van der Waals surface area contributed by atoms with Crippen LogP contribution in [-0.4, -0.2) is 20.7 Å². The Hall–Kier alpha value is -4.21. The summed E-state index contributed by atoms with van der Waals surface area (Å²) in [5, 5.41) is 7.24. The largest absolute Gasteiger partial charge is 0.457 e. The summed E-state index contributed by atoms with van der Waals surface area (Å²) in [5.41, 5.74) is 1.17. The van der Waals surface area contributed by atoms with Crippen LogP contribution >= 0.6 is 0 Å². The second-order valence-electron chi connectivity index (χ2n) is 8.79. The summed E-state index contributed by atoms with van der Waals surface area (Å²) in [6.07, 6.45) is -1.72. The van der Waals surface area contributed by atoms with Crippen LogP contribution in [0, 0.1) is 11.7 Å². The van der Waals surface area contributed by atoms with Gasteiger partial charge in [-0.2, -0.15) is 18.2 Å². The first-order chi connectivity index (χ1) is 17.8. The maximum absolute atomic E-state index is 13.4. The number of ether oxygens (including phenoxy) is 1. The number of nitrogens with zero attached hydrogens (tertiary/aromatic N) is 3. The number of rotatable bonds is 7. The number of benzene rings is 3. The third kappa shape index (κ3) is 5.63. The predicted molar refractivity (Wildman–Crippen MR) is 128 cm³/mol. The number of alkyl halides is 3. The van der Waals surface area contributed by atoms with E-state index in [2.05, 4.69) is 15.4 Å². The van der Waals surface area contributed by atoms with E-state index in [1.165, 1.54) is 28.9 Å². The highest BCUT2D eigenvalue weighted by molar-refractivity contribution is 5.93. The average Bonchev–Trinajstić information content (AvgIpc) is 3.27. The zero-order chi connectivity index (χ0) is 26.0. The van der Waals surface area contributed by atoms with E-state index in [4.69, 9.17) is 4.74 Å². The van der Waals surface area contributed by atoms with Gasteiger partial charge in [0.15, 0.2) is 5.82 Å². The van der Waals surface area contributed by atoms with Crippen molar-refractivity contribution in [1.29, 1.82) is 0 Å². The fraction of sp³-hybridized carbons (Fsp3) is 0.222. The molecule has 0 spiro atoms. The molecule has 1 aliphatic carbocycles. The van der Waals surface area contributed by atoms with Crippen molar-refractivity contribution in [1.82, 2.24) is 14.8 Å². The van der Waals surface area contributed by atoms with Gasteiger partial charge in [-0.05, 0) is 66.9 Å². The van der Waals surface area contributed by atoms with Gasteiger partial charge in [0.2, 0.25) is 5.91 Å². The lowest BCUT2D eigenvalue weighted by Crippen LogP contribution is -2.27. The number of anilines is 1. The summed E-state index contributed by atoms with van der Waals surface area (Å²) in [7, 11) is 0. The Balaban J connectivity index is 1.45. The Bertz CT molecular complexity index is 1400. The fourth-order valence-electron chi connectivity index (χ4n) is 3.89. The number of nitrogens with one attached hydrogen (secondary N) is 1. The number of halogens is 4. The molecule has 0 atom stereocenters. The molecule has 190 valence electrons. The molecule has 1 heterocycles. The molecule has 1 amide bonds. The molecular formula is C27H22F4N4O2. The quantitative estimate of drug-likeness (QED) is 0.292. The first-order valence-corrected chi connectivity index (χ1v) is 11.7. The van der Waals surface area contributed by atoms with Gasteiger partial charge in [-0.1, -0.05) is 30.7 Å². The van der Waals surface area contributed by atoms with Gasteiger partial charge in [-0.3, -0.25) is 4.79 Å². The number of amides is 1. The molecule has 0 unspecified atom stereocenters. The number of carbonyl (C=O) groups is 1. The third-order valence-electron chi connectivity index (χ3n) is 6.17. The van der Waals surface area contributed by atoms with E-state index in [9.17, 15) is 22.4 Å². The number of hydrogen-bond acceptors (Lipinski definition) is 4. The zero-order valence-electron chi connectivity index (χ0n) is 19.5. The van der Waals surface area contributed by atoms with Crippen molar-refractivity contribution >= 4 is 11.6 Å². The van der Waals surface area contributed by atoms with Gasteiger partial charge < -0.3 is 10.1 Å². The van der Waals surface area contributed by atoms with E-state index in [0.29, 0.717) is 16.9 Å². The van der Waals surface area contributed by atoms with Crippen molar-refractivity contribution in [2.45, 2.75) is 32.0 Å². The number of carbonyl (C=O) groups excluding carboxylic acids is 1. The second-order valence-corrected chi connectivity index (χ2v) is 8.79. The molecule has 0 radical (unpaired) electrons. The van der Waals surface area contributed by atoms with Crippen molar-refractivity contribution in [2.75, 3.05) is 5.32 Å². The number of hydrogen-bond donors (Lipinski definition) is 1. The van der Waals surface area contributed by atoms with Crippen molar-refractivity contribution in [2.24, 2.45) is 5.92 Å². The van der Waals surface area contributed by atoms with Gasteiger partial charge >= 0.3 is 12.2 Å². The molecule has 1 saturated carbocycles. The van der Waals surface area contributed by atoms with E-state index in [0.717, 1.165) is 31.4 Å². The van der Waals surface area contributed by atoms with E-state index in [1.54, 1.807) is 36.4 Å². The van der Waals surface area contributed by atoms with E-state index in [-0.39, 0.29) is 41.6 Å². The van der Waals surface area contributed by atoms with Crippen LogP contribution in [0.3, 0.4) is 0 Å². The highest BCUT2D eigenvalue weighted by Gasteiger charge is 2.31.